The van der Waals surface area contributed by atoms with Gasteiger partial charge in [0.25, 0.3) is 0 Å². The topological polar surface area (TPSA) is 3.24 Å². The van der Waals surface area contributed by atoms with Crippen molar-refractivity contribution in [2.75, 3.05) is 0 Å². The molecule has 0 N–H and O–H groups in total. The molecule has 2 heterocycles. The minimum Gasteiger partial charge on any atom is -0.368 e. The summed E-state index contributed by atoms with van der Waals surface area (Å²) in [5.74, 6) is 0. The SMILES string of the molecule is CC1CC2C=CC=CN12. The minimum atomic E-state index is 0.727. The summed E-state index contributed by atoms with van der Waals surface area (Å²) in [4.78, 5) is 2.39. The zero-order valence-corrected chi connectivity index (χ0v) is 5.62. The van der Waals surface area contributed by atoms with Gasteiger partial charge >= 0.3 is 0 Å². The van der Waals surface area contributed by atoms with Gasteiger partial charge < -0.3 is 4.90 Å². The number of hydrogen-bond donors (Lipinski definition) is 0. The van der Waals surface area contributed by atoms with Crippen LogP contribution in [-0.4, -0.2) is 17.0 Å². The highest BCUT2D eigenvalue weighted by molar-refractivity contribution is 5.18. The van der Waals surface area contributed by atoms with Crippen molar-refractivity contribution in [3.8, 4) is 0 Å². The quantitative estimate of drug-likeness (QED) is 0.470. The molecule has 0 spiro atoms. The molecule has 2 atom stereocenters. The first kappa shape index (κ1) is 5.10. The van der Waals surface area contributed by atoms with E-state index in [2.05, 4.69) is 36.3 Å². The lowest BCUT2D eigenvalue weighted by molar-refractivity contribution is 0.114. The van der Waals surface area contributed by atoms with E-state index < -0.39 is 0 Å². The van der Waals surface area contributed by atoms with E-state index >= 15 is 0 Å². The number of nitrogens with zero attached hydrogens (tertiary/aromatic N) is 1. The molecule has 1 fully saturated rings. The van der Waals surface area contributed by atoms with Gasteiger partial charge in [-0.3, -0.25) is 0 Å². The lowest BCUT2D eigenvalue weighted by Crippen LogP contribution is -2.50. The average Bonchev–Trinajstić information content (AvgIpc) is 1.86. The first-order valence-electron chi connectivity index (χ1n) is 3.50. The molecule has 0 radical (unpaired) electrons. The number of fused-ring (bicyclic) bond motifs is 1. The second-order valence-electron chi connectivity index (χ2n) is 2.83. The highest BCUT2D eigenvalue weighted by Crippen LogP contribution is 2.28. The van der Waals surface area contributed by atoms with E-state index in [1.165, 1.54) is 6.42 Å². The molecule has 2 unspecified atom stereocenters. The lowest BCUT2D eigenvalue weighted by Gasteiger charge is -2.46. The molecule has 1 nitrogen and oxygen atoms in total. The third-order valence-corrected chi connectivity index (χ3v) is 2.18. The standard InChI is InChI=1S/C8H11N/c1-7-6-8-4-2-3-5-9(7)8/h2-5,7-8H,6H2,1H3. The van der Waals surface area contributed by atoms with Crippen LogP contribution in [0.15, 0.2) is 24.4 Å². The summed E-state index contributed by atoms with van der Waals surface area (Å²) in [7, 11) is 0. The van der Waals surface area contributed by atoms with Crippen molar-refractivity contribution >= 4 is 0 Å². The van der Waals surface area contributed by atoms with Gasteiger partial charge in [-0.15, -0.1) is 0 Å². The van der Waals surface area contributed by atoms with Gasteiger partial charge in [0.1, 0.15) is 0 Å². The molecular weight excluding hydrogens is 110 g/mol. The molecule has 1 heteroatoms. The Labute approximate surface area is 55.7 Å². The first-order chi connectivity index (χ1) is 4.38. The van der Waals surface area contributed by atoms with Crippen molar-refractivity contribution in [2.24, 2.45) is 0 Å². The smallest absolute Gasteiger partial charge is 0.0493 e. The fraction of sp³-hybridized carbons (Fsp3) is 0.500. The van der Waals surface area contributed by atoms with Crippen molar-refractivity contribution in [1.82, 2.24) is 4.90 Å². The summed E-state index contributed by atoms with van der Waals surface area (Å²) in [6.07, 6.45) is 10.0. The molecule has 0 saturated carbocycles. The van der Waals surface area contributed by atoms with E-state index in [1.807, 2.05) is 0 Å². The maximum atomic E-state index is 2.39. The van der Waals surface area contributed by atoms with Crippen LogP contribution in [0.3, 0.4) is 0 Å². The Bertz CT molecular complexity index is 169. The van der Waals surface area contributed by atoms with Crippen molar-refractivity contribution in [1.29, 1.82) is 0 Å². The molecule has 1 saturated heterocycles. The summed E-state index contributed by atoms with van der Waals surface area (Å²) < 4.78 is 0. The fourth-order valence-corrected chi connectivity index (χ4v) is 1.56. The van der Waals surface area contributed by atoms with Gasteiger partial charge in [0.2, 0.25) is 0 Å². The van der Waals surface area contributed by atoms with Crippen LogP contribution in [0.4, 0.5) is 0 Å². The molecule has 0 aromatic rings. The zero-order chi connectivity index (χ0) is 6.27. The fourth-order valence-electron chi connectivity index (χ4n) is 1.56. The van der Waals surface area contributed by atoms with Gasteiger partial charge in [-0.2, -0.15) is 0 Å². The summed E-state index contributed by atoms with van der Waals surface area (Å²) in [6.45, 7) is 2.26. The maximum Gasteiger partial charge on any atom is 0.0493 e. The lowest BCUT2D eigenvalue weighted by atomic mass is 9.93. The van der Waals surface area contributed by atoms with Crippen LogP contribution < -0.4 is 0 Å². The Hall–Kier alpha value is -0.720. The summed E-state index contributed by atoms with van der Waals surface area (Å²) in [6, 6.07) is 1.50. The second-order valence-corrected chi connectivity index (χ2v) is 2.83. The monoisotopic (exact) mass is 121 g/mol. The van der Waals surface area contributed by atoms with E-state index in [0.29, 0.717) is 0 Å². The molecule has 9 heavy (non-hydrogen) atoms. The molecule has 0 aromatic carbocycles. The van der Waals surface area contributed by atoms with Crippen LogP contribution in [0.1, 0.15) is 13.3 Å². The molecule has 2 rings (SSSR count). The molecule has 48 valence electrons. The van der Waals surface area contributed by atoms with E-state index in [-0.39, 0.29) is 0 Å². The molecule has 0 amide bonds. The van der Waals surface area contributed by atoms with Crippen LogP contribution in [0.25, 0.3) is 0 Å². The van der Waals surface area contributed by atoms with Crippen LogP contribution >= 0.6 is 0 Å². The van der Waals surface area contributed by atoms with Crippen molar-refractivity contribution in [3.63, 3.8) is 0 Å². The van der Waals surface area contributed by atoms with Crippen molar-refractivity contribution < 1.29 is 0 Å². The van der Waals surface area contributed by atoms with Crippen LogP contribution in [0, 0.1) is 0 Å². The van der Waals surface area contributed by atoms with E-state index in [0.717, 1.165) is 12.1 Å². The van der Waals surface area contributed by atoms with Gasteiger partial charge in [0.15, 0.2) is 0 Å². The third kappa shape index (κ3) is 0.607. The summed E-state index contributed by atoms with van der Waals surface area (Å²) >= 11 is 0. The summed E-state index contributed by atoms with van der Waals surface area (Å²) in [5.41, 5.74) is 0. The Balaban J connectivity index is 2.14. The predicted molar refractivity (Wildman–Crippen MR) is 38.0 cm³/mol. The van der Waals surface area contributed by atoms with Gasteiger partial charge in [-0.25, -0.2) is 0 Å². The molecule has 2 aliphatic heterocycles. The average molecular weight is 121 g/mol. The zero-order valence-electron chi connectivity index (χ0n) is 5.62. The van der Waals surface area contributed by atoms with Gasteiger partial charge in [-0.05, 0) is 25.6 Å². The highest BCUT2D eigenvalue weighted by atomic mass is 15.2. The summed E-state index contributed by atoms with van der Waals surface area (Å²) in [5, 5.41) is 0. The maximum absolute atomic E-state index is 2.39. The van der Waals surface area contributed by atoms with Crippen molar-refractivity contribution in [3.05, 3.63) is 24.4 Å². The number of allylic oxidation sites excluding steroid dienone is 2. The molecule has 0 aromatic heterocycles. The Morgan fingerprint density at radius 1 is 1.44 bits per heavy atom. The van der Waals surface area contributed by atoms with Gasteiger partial charge in [0.05, 0.1) is 0 Å². The minimum absolute atomic E-state index is 0.727. The predicted octanol–water partition coefficient (Wildman–Crippen LogP) is 1.53. The Morgan fingerprint density at radius 2 is 2.33 bits per heavy atom. The Kier molecular flexibility index (Phi) is 0.922. The highest BCUT2D eigenvalue weighted by Gasteiger charge is 2.30. The third-order valence-electron chi connectivity index (χ3n) is 2.18. The molecule has 0 aliphatic carbocycles. The van der Waals surface area contributed by atoms with Crippen molar-refractivity contribution in [2.45, 2.75) is 25.4 Å². The largest absolute Gasteiger partial charge is 0.368 e. The number of rotatable bonds is 0. The van der Waals surface area contributed by atoms with E-state index in [1.54, 1.807) is 0 Å². The van der Waals surface area contributed by atoms with Crippen LogP contribution in [0.5, 0.6) is 0 Å². The molecule has 0 bridgehead atoms. The van der Waals surface area contributed by atoms with E-state index in [4.69, 9.17) is 0 Å². The molecular formula is C8H11N. The van der Waals surface area contributed by atoms with E-state index in [9.17, 15) is 0 Å². The van der Waals surface area contributed by atoms with Gasteiger partial charge in [-0.1, -0.05) is 12.2 Å². The normalized spacial score (nSPS) is 38.1. The second kappa shape index (κ2) is 1.63. The molecule has 2 aliphatic rings. The van der Waals surface area contributed by atoms with Crippen LogP contribution in [-0.2, 0) is 0 Å². The first-order valence-corrected chi connectivity index (χ1v) is 3.50. The van der Waals surface area contributed by atoms with Gasteiger partial charge in [0, 0.05) is 12.1 Å². The Morgan fingerprint density at radius 3 is 2.89 bits per heavy atom. The van der Waals surface area contributed by atoms with Crippen LogP contribution in [0.2, 0.25) is 0 Å². The number of hydrogen-bond acceptors (Lipinski definition) is 1.